The lowest BCUT2D eigenvalue weighted by molar-refractivity contribution is 0.209. The van der Waals surface area contributed by atoms with Gasteiger partial charge in [0.1, 0.15) is 5.75 Å². The Kier molecular flexibility index (Phi) is 5.63. The Morgan fingerprint density at radius 3 is 2.33 bits per heavy atom. The van der Waals surface area contributed by atoms with E-state index in [0.29, 0.717) is 12.5 Å². The highest BCUT2D eigenvalue weighted by Crippen LogP contribution is 2.23. The number of hydrogen-bond donors (Lipinski definition) is 2. The quantitative estimate of drug-likeness (QED) is 0.816. The van der Waals surface area contributed by atoms with Crippen molar-refractivity contribution in [2.24, 2.45) is 5.92 Å². The van der Waals surface area contributed by atoms with Crippen LogP contribution in [0.3, 0.4) is 0 Å². The van der Waals surface area contributed by atoms with Crippen molar-refractivity contribution in [1.29, 1.82) is 0 Å². The third kappa shape index (κ3) is 3.72. The molecule has 0 aliphatic rings. The van der Waals surface area contributed by atoms with Crippen LogP contribution in [0.2, 0.25) is 0 Å². The molecule has 1 rings (SSSR count). The average molecular weight is 251 g/mol. The SMILES string of the molecule is COc1cc(C)c(C)cc1CNC(CO)C(C)C. The molecule has 0 fully saturated rings. The van der Waals surface area contributed by atoms with Gasteiger partial charge in [-0.25, -0.2) is 0 Å². The summed E-state index contributed by atoms with van der Waals surface area (Å²) >= 11 is 0. The number of ether oxygens (including phenoxy) is 1. The van der Waals surface area contributed by atoms with Gasteiger partial charge < -0.3 is 15.2 Å². The van der Waals surface area contributed by atoms with Gasteiger partial charge in [-0.05, 0) is 37.0 Å². The van der Waals surface area contributed by atoms with E-state index in [0.717, 1.165) is 11.3 Å². The van der Waals surface area contributed by atoms with Crippen LogP contribution >= 0.6 is 0 Å². The molecule has 0 spiro atoms. The van der Waals surface area contributed by atoms with Crippen LogP contribution in [0.15, 0.2) is 12.1 Å². The second-order valence-electron chi connectivity index (χ2n) is 5.16. The molecule has 1 unspecified atom stereocenters. The van der Waals surface area contributed by atoms with Gasteiger partial charge in [0.15, 0.2) is 0 Å². The molecule has 0 heterocycles. The summed E-state index contributed by atoms with van der Waals surface area (Å²) in [5.74, 6) is 1.32. The van der Waals surface area contributed by atoms with Gasteiger partial charge in [-0.2, -0.15) is 0 Å². The van der Waals surface area contributed by atoms with Crippen molar-refractivity contribution in [2.75, 3.05) is 13.7 Å². The molecular formula is C15H25NO2. The summed E-state index contributed by atoms with van der Waals surface area (Å²) in [6, 6.07) is 4.34. The minimum Gasteiger partial charge on any atom is -0.496 e. The van der Waals surface area contributed by atoms with Gasteiger partial charge in [0.05, 0.1) is 13.7 Å². The molecule has 3 nitrogen and oxygen atoms in total. The molecule has 0 bridgehead atoms. The summed E-state index contributed by atoms with van der Waals surface area (Å²) in [5, 5.41) is 12.7. The number of hydrogen-bond acceptors (Lipinski definition) is 3. The maximum Gasteiger partial charge on any atom is 0.123 e. The molecule has 3 heteroatoms. The lowest BCUT2D eigenvalue weighted by Crippen LogP contribution is -2.36. The number of aliphatic hydroxyl groups is 1. The molecule has 1 aromatic carbocycles. The van der Waals surface area contributed by atoms with Crippen molar-refractivity contribution in [3.05, 3.63) is 28.8 Å². The zero-order valence-corrected chi connectivity index (χ0v) is 12.1. The van der Waals surface area contributed by atoms with Crippen LogP contribution in [-0.4, -0.2) is 24.9 Å². The van der Waals surface area contributed by atoms with Gasteiger partial charge in [-0.3, -0.25) is 0 Å². The van der Waals surface area contributed by atoms with Crippen LogP contribution in [-0.2, 0) is 6.54 Å². The molecule has 0 saturated carbocycles. The van der Waals surface area contributed by atoms with Gasteiger partial charge in [0.25, 0.3) is 0 Å². The molecular weight excluding hydrogens is 226 g/mol. The fourth-order valence-electron chi connectivity index (χ4n) is 1.93. The van der Waals surface area contributed by atoms with E-state index < -0.39 is 0 Å². The summed E-state index contributed by atoms with van der Waals surface area (Å²) in [6.07, 6.45) is 0. The Morgan fingerprint density at radius 2 is 1.83 bits per heavy atom. The molecule has 0 amide bonds. The van der Waals surface area contributed by atoms with Crippen LogP contribution in [0.1, 0.15) is 30.5 Å². The van der Waals surface area contributed by atoms with Crippen molar-refractivity contribution in [3.8, 4) is 5.75 Å². The molecule has 18 heavy (non-hydrogen) atoms. The Bertz CT molecular complexity index is 388. The first-order valence-corrected chi connectivity index (χ1v) is 6.48. The standard InChI is InChI=1S/C15H25NO2/c1-10(2)14(9-17)16-8-13-6-11(3)12(4)7-15(13)18-5/h6-7,10,14,16-17H,8-9H2,1-5H3. The molecule has 102 valence electrons. The summed E-state index contributed by atoms with van der Waals surface area (Å²) in [6.45, 7) is 9.26. The number of aliphatic hydroxyl groups excluding tert-OH is 1. The second-order valence-corrected chi connectivity index (χ2v) is 5.16. The fraction of sp³-hybridized carbons (Fsp3) is 0.600. The number of benzene rings is 1. The largest absolute Gasteiger partial charge is 0.496 e. The van der Waals surface area contributed by atoms with Gasteiger partial charge in [0.2, 0.25) is 0 Å². The van der Waals surface area contributed by atoms with E-state index in [-0.39, 0.29) is 12.6 Å². The first-order chi connectivity index (χ1) is 8.49. The topological polar surface area (TPSA) is 41.5 Å². The fourth-order valence-corrected chi connectivity index (χ4v) is 1.93. The van der Waals surface area contributed by atoms with Crippen LogP contribution in [0.25, 0.3) is 0 Å². The van der Waals surface area contributed by atoms with E-state index in [1.807, 2.05) is 0 Å². The minimum atomic E-state index is 0.122. The van der Waals surface area contributed by atoms with Crippen molar-refractivity contribution in [1.82, 2.24) is 5.32 Å². The van der Waals surface area contributed by atoms with Gasteiger partial charge >= 0.3 is 0 Å². The number of rotatable bonds is 6. The summed E-state index contributed by atoms with van der Waals surface area (Å²) in [4.78, 5) is 0. The normalized spacial score (nSPS) is 12.8. The monoisotopic (exact) mass is 251 g/mol. The third-order valence-corrected chi connectivity index (χ3v) is 3.45. The molecule has 0 saturated heterocycles. The maximum atomic E-state index is 9.31. The molecule has 0 aliphatic carbocycles. The van der Waals surface area contributed by atoms with E-state index >= 15 is 0 Å². The van der Waals surface area contributed by atoms with Crippen LogP contribution < -0.4 is 10.1 Å². The highest BCUT2D eigenvalue weighted by atomic mass is 16.5. The lowest BCUT2D eigenvalue weighted by Gasteiger charge is -2.21. The van der Waals surface area contributed by atoms with Crippen molar-refractivity contribution < 1.29 is 9.84 Å². The Balaban J connectivity index is 2.80. The Morgan fingerprint density at radius 1 is 1.22 bits per heavy atom. The number of aryl methyl sites for hydroxylation is 2. The Hall–Kier alpha value is -1.06. The molecule has 1 aromatic rings. The number of nitrogens with one attached hydrogen (secondary N) is 1. The van der Waals surface area contributed by atoms with E-state index in [2.05, 4.69) is 45.1 Å². The van der Waals surface area contributed by atoms with Gasteiger partial charge in [0, 0.05) is 18.2 Å². The first kappa shape index (κ1) is 15.0. The second kappa shape index (κ2) is 6.76. The molecule has 0 radical (unpaired) electrons. The number of methoxy groups -OCH3 is 1. The third-order valence-electron chi connectivity index (χ3n) is 3.45. The molecule has 2 N–H and O–H groups in total. The van der Waals surface area contributed by atoms with Gasteiger partial charge in [-0.15, -0.1) is 0 Å². The highest BCUT2D eigenvalue weighted by Gasteiger charge is 2.13. The first-order valence-electron chi connectivity index (χ1n) is 6.48. The van der Waals surface area contributed by atoms with Crippen molar-refractivity contribution >= 4 is 0 Å². The summed E-state index contributed by atoms with van der Waals surface area (Å²) in [5.41, 5.74) is 3.63. The predicted molar refractivity (Wildman–Crippen MR) is 75.0 cm³/mol. The van der Waals surface area contributed by atoms with Crippen LogP contribution in [0.5, 0.6) is 5.75 Å². The van der Waals surface area contributed by atoms with Crippen LogP contribution in [0.4, 0.5) is 0 Å². The maximum absolute atomic E-state index is 9.31. The molecule has 0 aromatic heterocycles. The predicted octanol–water partition coefficient (Wildman–Crippen LogP) is 2.42. The lowest BCUT2D eigenvalue weighted by atomic mass is 10.0. The van der Waals surface area contributed by atoms with E-state index in [1.165, 1.54) is 11.1 Å². The zero-order valence-electron chi connectivity index (χ0n) is 12.1. The zero-order chi connectivity index (χ0) is 13.7. The van der Waals surface area contributed by atoms with E-state index in [4.69, 9.17) is 4.74 Å². The minimum absolute atomic E-state index is 0.122. The van der Waals surface area contributed by atoms with Crippen molar-refractivity contribution in [3.63, 3.8) is 0 Å². The highest BCUT2D eigenvalue weighted by molar-refractivity contribution is 5.41. The Labute approximate surface area is 110 Å². The molecule has 1 atom stereocenters. The smallest absolute Gasteiger partial charge is 0.123 e. The molecule has 0 aliphatic heterocycles. The average Bonchev–Trinajstić information content (AvgIpc) is 2.33. The van der Waals surface area contributed by atoms with Crippen molar-refractivity contribution in [2.45, 2.75) is 40.3 Å². The van der Waals surface area contributed by atoms with E-state index in [9.17, 15) is 5.11 Å². The van der Waals surface area contributed by atoms with E-state index in [1.54, 1.807) is 7.11 Å². The summed E-state index contributed by atoms with van der Waals surface area (Å²) < 4.78 is 5.41. The van der Waals surface area contributed by atoms with Crippen LogP contribution in [0, 0.1) is 19.8 Å². The summed E-state index contributed by atoms with van der Waals surface area (Å²) in [7, 11) is 1.69. The van der Waals surface area contributed by atoms with Gasteiger partial charge in [-0.1, -0.05) is 19.9 Å².